The highest BCUT2D eigenvalue weighted by atomic mass is 32.2. The lowest BCUT2D eigenvalue weighted by Crippen LogP contribution is -2.41. The van der Waals surface area contributed by atoms with E-state index < -0.39 is 10.0 Å². The van der Waals surface area contributed by atoms with Crippen LogP contribution in [-0.4, -0.2) is 62.1 Å². The molecule has 1 aliphatic heterocycles. The Morgan fingerprint density at radius 3 is 2.40 bits per heavy atom. The first kappa shape index (κ1) is 16.2. The van der Waals surface area contributed by atoms with Crippen molar-refractivity contribution in [3.63, 3.8) is 0 Å². The fourth-order valence-corrected chi connectivity index (χ4v) is 5.38. The molecule has 0 aromatic heterocycles. The zero-order valence-electron chi connectivity index (χ0n) is 12.5. The number of nitrogens with zero attached hydrogens (tertiary/aromatic N) is 2. The average molecular weight is 303 g/mol. The van der Waals surface area contributed by atoms with Crippen LogP contribution in [0.4, 0.5) is 0 Å². The third kappa shape index (κ3) is 4.16. The van der Waals surface area contributed by atoms with Gasteiger partial charge in [0.1, 0.15) is 0 Å². The molecule has 0 unspecified atom stereocenters. The largest absolute Gasteiger partial charge is 0.330 e. The summed E-state index contributed by atoms with van der Waals surface area (Å²) in [7, 11) is -3.07. The molecule has 0 spiro atoms. The topological polar surface area (TPSA) is 66.6 Å². The van der Waals surface area contributed by atoms with Crippen LogP contribution in [0.5, 0.6) is 0 Å². The Morgan fingerprint density at radius 1 is 0.950 bits per heavy atom. The van der Waals surface area contributed by atoms with E-state index >= 15 is 0 Å². The molecule has 0 radical (unpaired) electrons. The van der Waals surface area contributed by atoms with Crippen molar-refractivity contribution in [2.45, 2.75) is 50.2 Å². The van der Waals surface area contributed by atoms with Gasteiger partial charge in [-0.05, 0) is 45.3 Å². The Bertz CT molecular complexity index is 380. The molecule has 1 heterocycles. The maximum absolute atomic E-state index is 12.7. The minimum Gasteiger partial charge on any atom is -0.330 e. The third-order valence-electron chi connectivity index (χ3n) is 4.56. The van der Waals surface area contributed by atoms with E-state index in [2.05, 4.69) is 4.90 Å². The van der Waals surface area contributed by atoms with Crippen molar-refractivity contribution in [3.8, 4) is 0 Å². The molecule has 0 aromatic carbocycles. The van der Waals surface area contributed by atoms with Gasteiger partial charge in [0.15, 0.2) is 0 Å². The molecule has 1 saturated heterocycles. The van der Waals surface area contributed by atoms with Crippen LogP contribution in [0, 0.1) is 0 Å². The molecule has 0 aromatic rings. The molecule has 0 amide bonds. The molecule has 2 N–H and O–H groups in total. The Morgan fingerprint density at radius 2 is 1.70 bits per heavy atom. The first-order valence-corrected chi connectivity index (χ1v) is 9.56. The number of hydrogen-bond donors (Lipinski definition) is 1. The Labute approximate surface area is 123 Å². The Kier molecular flexibility index (Phi) is 6.26. The molecule has 118 valence electrons. The van der Waals surface area contributed by atoms with Crippen LogP contribution in [0.3, 0.4) is 0 Å². The minimum atomic E-state index is -3.07. The maximum Gasteiger partial charge on any atom is 0.217 e. The van der Waals surface area contributed by atoms with Gasteiger partial charge in [0, 0.05) is 19.6 Å². The van der Waals surface area contributed by atoms with E-state index in [0.29, 0.717) is 19.6 Å². The standard InChI is InChI=1S/C14H29N3O2S/c15-8-4-9-16-10-5-11-17(13-12-16)20(18,19)14-6-2-1-3-7-14/h14H,1-13,15H2. The summed E-state index contributed by atoms with van der Waals surface area (Å²) in [6.45, 7) is 4.90. The van der Waals surface area contributed by atoms with Crippen LogP contribution in [0.25, 0.3) is 0 Å². The normalized spacial score (nSPS) is 24.6. The second-order valence-electron chi connectivity index (χ2n) is 6.04. The zero-order valence-corrected chi connectivity index (χ0v) is 13.3. The highest BCUT2D eigenvalue weighted by Gasteiger charge is 2.33. The lowest BCUT2D eigenvalue weighted by molar-refractivity contribution is 0.284. The number of nitrogens with two attached hydrogens (primary N) is 1. The Hall–Kier alpha value is -0.170. The van der Waals surface area contributed by atoms with E-state index in [1.807, 2.05) is 0 Å². The first-order valence-electron chi connectivity index (χ1n) is 8.06. The fourth-order valence-electron chi connectivity index (χ4n) is 3.31. The van der Waals surface area contributed by atoms with Crippen molar-refractivity contribution >= 4 is 10.0 Å². The van der Waals surface area contributed by atoms with Gasteiger partial charge < -0.3 is 10.6 Å². The van der Waals surface area contributed by atoms with Crippen LogP contribution in [0.2, 0.25) is 0 Å². The molecule has 1 saturated carbocycles. The predicted molar refractivity (Wildman–Crippen MR) is 82.1 cm³/mol. The van der Waals surface area contributed by atoms with E-state index in [9.17, 15) is 8.42 Å². The van der Waals surface area contributed by atoms with E-state index in [4.69, 9.17) is 5.73 Å². The highest BCUT2D eigenvalue weighted by molar-refractivity contribution is 7.89. The molecule has 6 heteroatoms. The van der Waals surface area contributed by atoms with Crippen molar-refractivity contribution in [3.05, 3.63) is 0 Å². The lowest BCUT2D eigenvalue weighted by Gasteiger charge is -2.28. The smallest absolute Gasteiger partial charge is 0.217 e. The van der Waals surface area contributed by atoms with Gasteiger partial charge in [-0.25, -0.2) is 12.7 Å². The van der Waals surface area contributed by atoms with Gasteiger partial charge in [-0.1, -0.05) is 19.3 Å². The summed E-state index contributed by atoms with van der Waals surface area (Å²) in [4.78, 5) is 2.35. The number of hydrogen-bond acceptors (Lipinski definition) is 4. The Balaban J connectivity index is 1.91. The summed E-state index contributed by atoms with van der Waals surface area (Å²) in [6, 6.07) is 0. The second kappa shape index (κ2) is 7.73. The second-order valence-corrected chi connectivity index (χ2v) is 8.25. The van der Waals surface area contributed by atoms with Crippen molar-refractivity contribution in [2.75, 3.05) is 39.3 Å². The predicted octanol–water partition coefficient (Wildman–Crippen LogP) is 1.01. The summed E-state index contributed by atoms with van der Waals surface area (Å²) in [6.07, 6.45) is 6.98. The van der Waals surface area contributed by atoms with E-state index in [-0.39, 0.29) is 5.25 Å². The monoisotopic (exact) mass is 303 g/mol. The molecular formula is C14H29N3O2S. The molecule has 0 bridgehead atoms. The number of rotatable bonds is 5. The quantitative estimate of drug-likeness (QED) is 0.823. The average Bonchev–Trinajstić information content (AvgIpc) is 2.72. The molecule has 1 aliphatic carbocycles. The van der Waals surface area contributed by atoms with Crippen LogP contribution >= 0.6 is 0 Å². The van der Waals surface area contributed by atoms with Gasteiger partial charge >= 0.3 is 0 Å². The van der Waals surface area contributed by atoms with E-state index in [0.717, 1.165) is 58.2 Å². The van der Waals surface area contributed by atoms with Crippen molar-refractivity contribution in [1.29, 1.82) is 0 Å². The van der Waals surface area contributed by atoms with Crippen molar-refractivity contribution in [2.24, 2.45) is 5.73 Å². The van der Waals surface area contributed by atoms with Crippen molar-refractivity contribution in [1.82, 2.24) is 9.21 Å². The number of sulfonamides is 1. The van der Waals surface area contributed by atoms with E-state index in [1.165, 1.54) is 6.42 Å². The van der Waals surface area contributed by atoms with Crippen LogP contribution in [0.15, 0.2) is 0 Å². The van der Waals surface area contributed by atoms with Gasteiger partial charge in [-0.2, -0.15) is 0 Å². The molecule has 20 heavy (non-hydrogen) atoms. The molecule has 2 fully saturated rings. The summed E-state index contributed by atoms with van der Waals surface area (Å²) >= 11 is 0. The maximum atomic E-state index is 12.7. The third-order valence-corrected chi connectivity index (χ3v) is 6.96. The SMILES string of the molecule is NCCCN1CCCN(S(=O)(=O)C2CCCCC2)CC1. The molecular weight excluding hydrogens is 274 g/mol. The van der Waals surface area contributed by atoms with Crippen LogP contribution in [0.1, 0.15) is 44.9 Å². The van der Waals surface area contributed by atoms with Crippen molar-refractivity contribution < 1.29 is 8.42 Å². The van der Waals surface area contributed by atoms with Gasteiger partial charge in [-0.15, -0.1) is 0 Å². The van der Waals surface area contributed by atoms with Gasteiger partial charge in [0.25, 0.3) is 0 Å². The molecule has 5 nitrogen and oxygen atoms in total. The molecule has 2 aliphatic rings. The molecule has 2 rings (SSSR count). The summed E-state index contributed by atoms with van der Waals surface area (Å²) in [5, 5.41) is -0.119. The zero-order chi connectivity index (χ0) is 14.4. The van der Waals surface area contributed by atoms with Gasteiger partial charge in [0.2, 0.25) is 10.0 Å². The fraction of sp³-hybridized carbons (Fsp3) is 1.00. The summed E-state index contributed by atoms with van der Waals surface area (Å²) in [5.41, 5.74) is 5.55. The van der Waals surface area contributed by atoms with E-state index in [1.54, 1.807) is 4.31 Å². The highest BCUT2D eigenvalue weighted by Crippen LogP contribution is 2.26. The van der Waals surface area contributed by atoms with Gasteiger partial charge in [-0.3, -0.25) is 0 Å². The van der Waals surface area contributed by atoms with Crippen LogP contribution < -0.4 is 5.73 Å². The minimum absolute atomic E-state index is 0.119. The van der Waals surface area contributed by atoms with Crippen LogP contribution in [-0.2, 0) is 10.0 Å². The summed E-state index contributed by atoms with van der Waals surface area (Å²) < 4.78 is 27.2. The summed E-state index contributed by atoms with van der Waals surface area (Å²) in [5.74, 6) is 0. The molecule has 0 atom stereocenters. The lowest BCUT2D eigenvalue weighted by atomic mass is 10.0. The van der Waals surface area contributed by atoms with Gasteiger partial charge in [0.05, 0.1) is 5.25 Å². The first-order chi connectivity index (χ1) is 9.64.